The number of phenols is 2. The molecule has 1 aromatic rings. The van der Waals surface area contributed by atoms with Crippen molar-refractivity contribution in [2.24, 2.45) is 11.0 Å². The molecule has 1 aromatic carbocycles. The lowest BCUT2D eigenvalue weighted by Gasteiger charge is -2.02. The van der Waals surface area contributed by atoms with Crippen LogP contribution in [-0.4, -0.2) is 22.3 Å². The molecule has 5 heteroatoms. The molecule has 0 aromatic heterocycles. The maximum absolute atomic E-state index is 11.1. The quantitative estimate of drug-likeness (QED) is 0.531. The first-order valence-corrected chi connectivity index (χ1v) is 4.85. The van der Waals surface area contributed by atoms with Crippen LogP contribution in [-0.2, 0) is 4.79 Å². The minimum Gasteiger partial charge on any atom is -0.508 e. The molecular formula is C11H14N2O3. The third kappa shape index (κ3) is 3.27. The van der Waals surface area contributed by atoms with Crippen molar-refractivity contribution >= 4 is 12.1 Å². The van der Waals surface area contributed by atoms with Crippen molar-refractivity contribution in [1.82, 2.24) is 5.43 Å². The average molecular weight is 222 g/mol. The number of hydrogen-bond donors (Lipinski definition) is 3. The Morgan fingerprint density at radius 3 is 2.69 bits per heavy atom. The van der Waals surface area contributed by atoms with Crippen LogP contribution in [0.4, 0.5) is 0 Å². The van der Waals surface area contributed by atoms with E-state index in [0.29, 0.717) is 5.56 Å². The summed E-state index contributed by atoms with van der Waals surface area (Å²) in [7, 11) is 0. The number of hydrogen-bond acceptors (Lipinski definition) is 4. The average Bonchev–Trinajstić information content (AvgIpc) is 2.20. The number of nitrogens with zero attached hydrogens (tertiary/aromatic N) is 1. The van der Waals surface area contributed by atoms with E-state index in [-0.39, 0.29) is 23.3 Å². The summed E-state index contributed by atoms with van der Waals surface area (Å²) >= 11 is 0. The minimum absolute atomic E-state index is 0.0270. The van der Waals surface area contributed by atoms with E-state index < -0.39 is 0 Å². The Morgan fingerprint density at radius 1 is 1.44 bits per heavy atom. The first-order valence-electron chi connectivity index (χ1n) is 4.85. The smallest absolute Gasteiger partial charge is 0.242 e. The highest BCUT2D eigenvalue weighted by atomic mass is 16.3. The van der Waals surface area contributed by atoms with Gasteiger partial charge < -0.3 is 10.2 Å². The molecule has 0 spiro atoms. The molecule has 0 aliphatic heterocycles. The van der Waals surface area contributed by atoms with E-state index in [1.165, 1.54) is 24.4 Å². The van der Waals surface area contributed by atoms with Gasteiger partial charge in [-0.15, -0.1) is 0 Å². The summed E-state index contributed by atoms with van der Waals surface area (Å²) in [6, 6.07) is 4.12. The van der Waals surface area contributed by atoms with Crippen LogP contribution in [0.3, 0.4) is 0 Å². The fraction of sp³-hybridized carbons (Fsp3) is 0.273. The van der Waals surface area contributed by atoms with Crippen molar-refractivity contribution in [3.63, 3.8) is 0 Å². The number of benzene rings is 1. The van der Waals surface area contributed by atoms with Gasteiger partial charge in [0.1, 0.15) is 11.5 Å². The lowest BCUT2D eigenvalue weighted by atomic mass is 10.2. The molecule has 0 atom stereocenters. The Morgan fingerprint density at radius 2 is 2.12 bits per heavy atom. The predicted molar refractivity (Wildman–Crippen MR) is 60.3 cm³/mol. The van der Waals surface area contributed by atoms with E-state index in [1.807, 2.05) is 0 Å². The number of carbonyl (C=O) groups is 1. The number of hydrazone groups is 1. The Bertz CT molecular complexity index is 414. The highest BCUT2D eigenvalue weighted by Gasteiger charge is 2.04. The number of carbonyl (C=O) groups excluding carboxylic acids is 1. The molecule has 0 fully saturated rings. The van der Waals surface area contributed by atoms with Gasteiger partial charge in [0.2, 0.25) is 5.91 Å². The highest BCUT2D eigenvalue weighted by Crippen LogP contribution is 2.20. The molecule has 0 saturated carbocycles. The monoisotopic (exact) mass is 222 g/mol. The molecule has 0 saturated heterocycles. The van der Waals surface area contributed by atoms with E-state index in [4.69, 9.17) is 5.11 Å². The predicted octanol–water partition coefficient (Wildman–Crippen LogP) is 1.20. The van der Waals surface area contributed by atoms with Gasteiger partial charge in [0, 0.05) is 17.5 Å². The van der Waals surface area contributed by atoms with Gasteiger partial charge >= 0.3 is 0 Å². The third-order valence-electron chi connectivity index (χ3n) is 1.92. The molecule has 1 rings (SSSR count). The zero-order valence-electron chi connectivity index (χ0n) is 9.14. The second-order valence-corrected chi connectivity index (χ2v) is 3.63. The van der Waals surface area contributed by atoms with Crippen molar-refractivity contribution in [3.05, 3.63) is 23.8 Å². The van der Waals surface area contributed by atoms with Crippen LogP contribution < -0.4 is 5.43 Å². The first-order chi connectivity index (χ1) is 7.50. The lowest BCUT2D eigenvalue weighted by Crippen LogP contribution is -2.22. The SMILES string of the molecule is CC(C)C(=O)NN=Cc1ccc(O)cc1O. The Kier molecular flexibility index (Phi) is 3.88. The fourth-order valence-corrected chi connectivity index (χ4v) is 0.936. The summed E-state index contributed by atoms with van der Waals surface area (Å²) < 4.78 is 0. The van der Waals surface area contributed by atoms with Crippen molar-refractivity contribution in [1.29, 1.82) is 0 Å². The third-order valence-corrected chi connectivity index (χ3v) is 1.92. The van der Waals surface area contributed by atoms with Gasteiger partial charge in [-0.25, -0.2) is 5.43 Å². The fourth-order valence-electron chi connectivity index (χ4n) is 0.936. The van der Waals surface area contributed by atoms with Crippen LogP contribution in [0.25, 0.3) is 0 Å². The topological polar surface area (TPSA) is 81.9 Å². The van der Waals surface area contributed by atoms with Gasteiger partial charge in [-0.05, 0) is 12.1 Å². The molecule has 0 bridgehead atoms. The van der Waals surface area contributed by atoms with E-state index in [9.17, 15) is 9.90 Å². The summed E-state index contributed by atoms with van der Waals surface area (Å²) in [6.07, 6.45) is 1.31. The van der Waals surface area contributed by atoms with Crippen molar-refractivity contribution < 1.29 is 15.0 Å². The highest BCUT2D eigenvalue weighted by molar-refractivity contribution is 5.85. The molecule has 5 nitrogen and oxygen atoms in total. The largest absolute Gasteiger partial charge is 0.508 e. The Balaban J connectivity index is 2.66. The van der Waals surface area contributed by atoms with Gasteiger partial charge in [-0.3, -0.25) is 4.79 Å². The van der Waals surface area contributed by atoms with Crippen LogP contribution in [0, 0.1) is 5.92 Å². The maximum Gasteiger partial charge on any atom is 0.242 e. The number of nitrogens with one attached hydrogen (secondary N) is 1. The van der Waals surface area contributed by atoms with Crippen LogP contribution in [0.1, 0.15) is 19.4 Å². The van der Waals surface area contributed by atoms with Gasteiger partial charge in [-0.2, -0.15) is 5.10 Å². The minimum atomic E-state index is -0.200. The standard InChI is InChI=1S/C11H14N2O3/c1-7(2)11(16)13-12-6-8-3-4-9(14)5-10(8)15/h3-7,14-15H,1-2H3,(H,13,16). The molecule has 16 heavy (non-hydrogen) atoms. The molecule has 3 N–H and O–H groups in total. The van der Waals surface area contributed by atoms with Gasteiger partial charge in [0.15, 0.2) is 0 Å². The van der Waals surface area contributed by atoms with E-state index in [2.05, 4.69) is 10.5 Å². The zero-order valence-corrected chi connectivity index (χ0v) is 9.14. The van der Waals surface area contributed by atoms with Crippen LogP contribution in [0.15, 0.2) is 23.3 Å². The normalized spacial score (nSPS) is 10.9. The molecule has 0 unspecified atom stereocenters. The molecule has 86 valence electrons. The number of amides is 1. The molecule has 0 heterocycles. The van der Waals surface area contributed by atoms with Gasteiger partial charge in [0.25, 0.3) is 0 Å². The van der Waals surface area contributed by atoms with Crippen LogP contribution >= 0.6 is 0 Å². The van der Waals surface area contributed by atoms with Crippen molar-refractivity contribution in [3.8, 4) is 11.5 Å². The summed E-state index contributed by atoms with van der Waals surface area (Å²) in [5.74, 6) is -0.469. The number of aromatic hydroxyl groups is 2. The van der Waals surface area contributed by atoms with Crippen LogP contribution in [0.2, 0.25) is 0 Å². The lowest BCUT2D eigenvalue weighted by molar-refractivity contribution is -0.123. The number of phenolic OH excluding ortho intramolecular Hbond substituents is 2. The summed E-state index contributed by atoms with van der Waals surface area (Å²) in [4.78, 5) is 11.1. The van der Waals surface area contributed by atoms with Gasteiger partial charge in [-0.1, -0.05) is 13.8 Å². The Hall–Kier alpha value is -2.04. The van der Waals surface area contributed by atoms with Crippen LogP contribution in [0.5, 0.6) is 11.5 Å². The molecule has 0 aliphatic carbocycles. The second-order valence-electron chi connectivity index (χ2n) is 3.63. The summed E-state index contributed by atoms with van der Waals surface area (Å²) in [6.45, 7) is 3.51. The van der Waals surface area contributed by atoms with Gasteiger partial charge in [0.05, 0.1) is 6.21 Å². The maximum atomic E-state index is 11.1. The van der Waals surface area contributed by atoms with Crippen molar-refractivity contribution in [2.45, 2.75) is 13.8 Å². The second kappa shape index (κ2) is 5.16. The molecular weight excluding hydrogens is 208 g/mol. The summed E-state index contributed by atoms with van der Waals surface area (Å²) in [5, 5.41) is 22.1. The van der Waals surface area contributed by atoms with Crippen molar-refractivity contribution in [2.75, 3.05) is 0 Å². The van der Waals surface area contributed by atoms with E-state index >= 15 is 0 Å². The number of rotatable bonds is 3. The zero-order chi connectivity index (χ0) is 12.1. The first kappa shape index (κ1) is 12.0. The van der Waals surface area contributed by atoms with E-state index in [0.717, 1.165) is 0 Å². The molecule has 0 aliphatic rings. The van der Waals surface area contributed by atoms with E-state index in [1.54, 1.807) is 13.8 Å². The Labute approximate surface area is 93.4 Å². The molecule has 1 amide bonds. The molecule has 0 radical (unpaired) electrons. The summed E-state index contributed by atoms with van der Waals surface area (Å²) in [5.41, 5.74) is 2.75.